The molecule has 0 aliphatic rings. The summed E-state index contributed by atoms with van der Waals surface area (Å²) < 4.78 is 40.3. The van der Waals surface area contributed by atoms with Gasteiger partial charge in [-0.15, -0.1) is 0 Å². The van der Waals surface area contributed by atoms with Crippen LogP contribution < -0.4 is 5.73 Å². The smallest absolute Gasteiger partial charge is 0.142 e. The van der Waals surface area contributed by atoms with E-state index < -0.39 is 23.5 Å². The van der Waals surface area contributed by atoms with Gasteiger partial charge in [-0.25, -0.2) is 13.2 Å². The Morgan fingerprint density at radius 1 is 1.10 bits per heavy atom. The molecule has 0 fully saturated rings. The van der Waals surface area contributed by atoms with Crippen molar-refractivity contribution in [2.45, 2.75) is 19.4 Å². The van der Waals surface area contributed by atoms with E-state index in [1.54, 1.807) is 6.07 Å². The van der Waals surface area contributed by atoms with Crippen molar-refractivity contribution in [2.24, 2.45) is 5.73 Å². The van der Waals surface area contributed by atoms with Gasteiger partial charge >= 0.3 is 0 Å². The molecule has 0 spiro atoms. The first-order valence-corrected chi connectivity index (χ1v) is 6.42. The lowest BCUT2D eigenvalue weighted by Crippen LogP contribution is -2.16. The van der Waals surface area contributed by atoms with Crippen LogP contribution in [0.5, 0.6) is 0 Å². The van der Waals surface area contributed by atoms with Crippen LogP contribution in [0.1, 0.15) is 22.7 Å². The second-order valence-electron chi connectivity index (χ2n) is 4.65. The molecule has 1 nitrogen and oxygen atoms in total. The van der Waals surface area contributed by atoms with E-state index in [9.17, 15) is 13.2 Å². The van der Waals surface area contributed by atoms with E-state index in [-0.39, 0.29) is 17.0 Å². The molecule has 0 radical (unpaired) electrons. The van der Waals surface area contributed by atoms with Gasteiger partial charge in [0.25, 0.3) is 0 Å². The molecule has 0 saturated heterocycles. The van der Waals surface area contributed by atoms with Gasteiger partial charge in [0.2, 0.25) is 0 Å². The molecule has 2 rings (SSSR count). The molecule has 2 aromatic carbocycles. The predicted octanol–water partition coefficient (Wildman–Crippen LogP) is 4.31. The second kappa shape index (κ2) is 5.85. The largest absolute Gasteiger partial charge is 0.324 e. The van der Waals surface area contributed by atoms with Crippen molar-refractivity contribution in [3.63, 3.8) is 0 Å². The van der Waals surface area contributed by atoms with Gasteiger partial charge in [0.05, 0.1) is 5.02 Å². The van der Waals surface area contributed by atoms with E-state index in [1.807, 2.05) is 0 Å². The van der Waals surface area contributed by atoms with E-state index in [2.05, 4.69) is 0 Å². The molecule has 0 saturated carbocycles. The van der Waals surface area contributed by atoms with Crippen LogP contribution in [-0.2, 0) is 6.42 Å². The lowest BCUT2D eigenvalue weighted by Gasteiger charge is -2.15. The first kappa shape index (κ1) is 14.9. The average Bonchev–Trinajstić information content (AvgIpc) is 2.39. The third-order valence-electron chi connectivity index (χ3n) is 3.15. The maximum atomic E-state index is 13.7. The van der Waals surface area contributed by atoms with Crippen molar-refractivity contribution in [2.75, 3.05) is 0 Å². The Balaban J connectivity index is 2.31. The van der Waals surface area contributed by atoms with Crippen molar-refractivity contribution < 1.29 is 13.2 Å². The Bertz CT molecular complexity index is 643. The Hall–Kier alpha value is -1.52. The molecular formula is C15H13ClF3N. The second-order valence-corrected chi connectivity index (χ2v) is 5.02. The SMILES string of the molecule is Cc1cc(C(N)Cc2cccc(F)c2Cl)c(F)cc1F. The standard InChI is InChI=1S/C15H13ClF3N/c1-8-5-10(13(19)7-12(8)18)14(20)6-9-3-2-4-11(17)15(9)16/h2-5,7,14H,6,20H2,1H3. The highest BCUT2D eigenvalue weighted by Crippen LogP contribution is 2.26. The van der Waals surface area contributed by atoms with E-state index >= 15 is 0 Å². The third kappa shape index (κ3) is 2.97. The zero-order valence-corrected chi connectivity index (χ0v) is 11.5. The maximum absolute atomic E-state index is 13.7. The van der Waals surface area contributed by atoms with E-state index in [4.69, 9.17) is 17.3 Å². The summed E-state index contributed by atoms with van der Waals surface area (Å²) in [7, 11) is 0. The molecule has 1 atom stereocenters. The van der Waals surface area contributed by atoms with E-state index in [0.717, 1.165) is 6.07 Å². The maximum Gasteiger partial charge on any atom is 0.142 e. The minimum Gasteiger partial charge on any atom is -0.324 e. The molecule has 2 N–H and O–H groups in total. The zero-order chi connectivity index (χ0) is 14.9. The molecule has 2 aromatic rings. The van der Waals surface area contributed by atoms with Crippen LogP contribution in [0, 0.1) is 24.4 Å². The molecule has 0 aliphatic heterocycles. The molecule has 0 aliphatic carbocycles. The lowest BCUT2D eigenvalue weighted by atomic mass is 9.97. The van der Waals surface area contributed by atoms with Gasteiger partial charge < -0.3 is 5.73 Å². The summed E-state index contributed by atoms with van der Waals surface area (Å²) in [4.78, 5) is 0. The van der Waals surface area contributed by atoms with Crippen molar-refractivity contribution in [1.82, 2.24) is 0 Å². The van der Waals surface area contributed by atoms with Gasteiger partial charge in [-0.05, 0) is 36.6 Å². The van der Waals surface area contributed by atoms with Gasteiger partial charge in [-0.2, -0.15) is 0 Å². The minimum absolute atomic E-state index is 0.0257. The number of halogens is 4. The molecule has 20 heavy (non-hydrogen) atoms. The Labute approximate surface area is 120 Å². The van der Waals surface area contributed by atoms with Crippen LogP contribution in [0.3, 0.4) is 0 Å². The van der Waals surface area contributed by atoms with Gasteiger partial charge in [-0.3, -0.25) is 0 Å². The van der Waals surface area contributed by atoms with Crippen molar-refractivity contribution in [1.29, 1.82) is 0 Å². The zero-order valence-electron chi connectivity index (χ0n) is 10.8. The Morgan fingerprint density at radius 2 is 1.80 bits per heavy atom. The van der Waals surface area contributed by atoms with Crippen LogP contribution in [-0.4, -0.2) is 0 Å². The molecule has 5 heteroatoms. The van der Waals surface area contributed by atoms with Gasteiger partial charge in [0.1, 0.15) is 17.5 Å². The molecular weight excluding hydrogens is 287 g/mol. The number of hydrogen-bond acceptors (Lipinski definition) is 1. The number of hydrogen-bond donors (Lipinski definition) is 1. The highest BCUT2D eigenvalue weighted by atomic mass is 35.5. The van der Waals surface area contributed by atoms with Crippen LogP contribution in [0.25, 0.3) is 0 Å². The quantitative estimate of drug-likeness (QED) is 0.898. The van der Waals surface area contributed by atoms with Crippen molar-refractivity contribution in [3.8, 4) is 0 Å². The number of benzene rings is 2. The van der Waals surface area contributed by atoms with Gasteiger partial charge in [0, 0.05) is 17.7 Å². The molecule has 106 valence electrons. The number of aryl methyl sites for hydroxylation is 1. The van der Waals surface area contributed by atoms with E-state index in [1.165, 1.54) is 25.1 Å². The Morgan fingerprint density at radius 3 is 2.50 bits per heavy atom. The van der Waals surface area contributed by atoms with Crippen molar-refractivity contribution >= 4 is 11.6 Å². The molecule has 0 heterocycles. The first-order chi connectivity index (χ1) is 9.40. The number of nitrogens with two attached hydrogens (primary N) is 1. The molecule has 0 amide bonds. The van der Waals surface area contributed by atoms with Crippen LogP contribution in [0.4, 0.5) is 13.2 Å². The fraction of sp³-hybridized carbons (Fsp3) is 0.200. The molecule has 0 aromatic heterocycles. The molecule has 0 bridgehead atoms. The fourth-order valence-electron chi connectivity index (χ4n) is 2.02. The monoisotopic (exact) mass is 299 g/mol. The van der Waals surface area contributed by atoms with Crippen LogP contribution in [0.2, 0.25) is 5.02 Å². The summed E-state index contributed by atoms with van der Waals surface area (Å²) in [5.74, 6) is -1.89. The highest BCUT2D eigenvalue weighted by molar-refractivity contribution is 6.31. The summed E-state index contributed by atoms with van der Waals surface area (Å²) in [5, 5.41) is -0.0257. The summed E-state index contributed by atoms with van der Waals surface area (Å²) in [6.07, 6.45) is 0.165. The van der Waals surface area contributed by atoms with Crippen LogP contribution >= 0.6 is 11.6 Å². The highest BCUT2D eigenvalue weighted by Gasteiger charge is 2.17. The summed E-state index contributed by atoms with van der Waals surface area (Å²) in [6, 6.07) is 5.81. The third-order valence-corrected chi connectivity index (χ3v) is 3.57. The van der Waals surface area contributed by atoms with Gasteiger partial charge in [0.15, 0.2) is 0 Å². The average molecular weight is 300 g/mol. The fourth-order valence-corrected chi connectivity index (χ4v) is 2.22. The van der Waals surface area contributed by atoms with E-state index in [0.29, 0.717) is 11.1 Å². The van der Waals surface area contributed by atoms with Gasteiger partial charge in [-0.1, -0.05) is 23.7 Å². The summed E-state index contributed by atoms with van der Waals surface area (Å²) >= 11 is 5.84. The van der Waals surface area contributed by atoms with Crippen molar-refractivity contribution in [3.05, 3.63) is 69.5 Å². The summed E-state index contributed by atoms with van der Waals surface area (Å²) in [6.45, 7) is 1.53. The normalized spacial score (nSPS) is 12.5. The first-order valence-electron chi connectivity index (χ1n) is 6.04. The predicted molar refractivity (Wildman–Crippen MR) is 73.1 cm³/mol. The molecule has 1 unspecified atom stereocenters. The topological polar surface area (TPSA) is 26.0 Å². The van der Waals surface area contributed by atoms with Crippen LogP contribution in [0.15, 0.2) is 30.3 Å². The Kier molecular flexibility index (Phi) is 4.35. The number of rotatable bonds is 3. The lowest BCUT2D eigenvalue weighted by molar-refractivity contribution is 0.549. The summed E-state index contributed by atoms with van der Waals surface area (Å²) in [5.41, 5.74) is 6.90. The minimum atomic E-state index is -0.728.